The fourth-order valence-electron chi connectivity index (χ4n) is 4.22. The minimum absolute atomic E-state index is 0.0898. The molecule has 0 aromatic heterocycles. The van der Waals surface area contributed by atoms with Crippen LogP contribution in [0.1, 0.15) is 11.1 Å². The Morgan fingerprint density at radius 1 is 0.865 bits per heavy atom. The average Bonchev–Trinajstić information content (AvgIpc) is 3.09. The van der Waals surface area contributed by atoms with Crippen LogP contribution in [-0.4, -0.2) is 84.4 Å². The first-order valence-corrected chi connectivity index (χ1v) is 13.3. The third-order valence-electron chi connectivity index (χ3n) is 6.10. The van der Waals surface area contributed by atoms with Crippen LogP contribution in [0.5, 0.6) is 0 Å². The number of aliphatic carboxylic acids is 1. The molecule has 0 radical (unpaired) electrons. The third-order valence-corrected chi connectivity index (χ3v) is 7.24. The van der Waals surface area contributed by atoms with Crippen LogP contribution in [-0.2, 0) is 16.0 Å². The molecule has 5 rings (SSSR count). The Hall–Kier alpha value is -3.17. The molecule has 3 aromatic rings. The Balaban J connectivity index is 0.000000270. The predicted molar refractivity (Wildman–Crippen MR) is 147 cm³/mol. The number of amidine groups is 1. The molecule has 1 fully saturated rings. The summed E-state index contributed by atoms with van der Waals surface area (Å²) in [6.07, 6.45) is 0.112. The Morgan fingerprint density at radius 2 is 1.54 bits per heavy atom. The van der Waals surface area contributed by atoms with Crippen LogP contribution in [0.15, 0.2) is 93.6 Å². The number of carboxylic acid groups (broad SMARTS) is 1. The highest BCUT2D eigenvalue weighted by molar-refractivity contribution is 7.99. The van der Waals surface area contributed by atoms with E-state index in [0.29, 0.717) is 13.2 Å². The van der Waals surface area contributed by atoms with Crippen LogP contribution in [0.25, 0.3) is 0 Å². The quantitative estimate of drug-likeness (QED) is 0.453. The van der Waals surface area contributed by atoms with Crippen molar-refractivity contribution in [1.82, 2.24) is 9.80 Å². The normalized spacial score (nSPS) is 14.9. The lowest BCUT2D eigenvalue weighted by Gasteiger charge is -2.36. The molecule has 2 aliphatic heterocycles. The first-order chi connectivity index (χ1) is 18.1. The Kier molecular flexibility index (Phi) is 10.1. The van der Waals surface area contributed by atoms with E-state index in [1.807, 2.05) is 18.2 Å². The van der Waals surface area contributed by atoms with Crippen LogP contribution in [0.2, 0.25) is 0 Å². The lowest BCUT2D eigenvalue weighted by atomic mass is 10.1. The maximum Gasteiger partial charge on any atom is 0.307 e. The van der Waals surface area contributed by atoms with Gasteiger partial charge in [-0.2, -0.15) is 0 Å². The molecular weight excluding hydrogens is 486 g/mol. The molecular formula is C29H33N3O4S. The largest absolute Gasteiger partial charge is 0.481 e. The monoisotopic (exact) mass is 519 g/mol. The number of ether oxygens (including phenoxy) is 1. The topological polar surface area (TPSA) is 85.6 Å². The number of hydrogen-bond donors (Lipinski definition) is 2. The molecule has 0 atom stereocenters. The number of aliphatic hydroxyl groups excluding tert-OH is 1. The second-order valence-corrected chi connectivity index (χ2v) is 9.81. The number of nitrogens with zero attached hydrogens (tertiary/aromatic N) is 3. The molecule has 194 valence electrons. The Labute approximate surface area is 222 Å². The maximum absolute atomic E-state index is 10.2. The third kappa shape index (κ3) is 7.90. The van der Waals surface area contributed by atoms with Gasteiger partial charge in [-0.3, -0.25) is 9.69 Å². The molecule has 0 bridgehead atoms. The van der Waals surface area contributed by atoms with Crippen molar-refractivity contribution < 1.29 is 19.7 Å². The zero-order valence-corrected chi connectivity index (χ0v) is 21.6. The molecule has 0 saturated carbocycles. The summed E-state index contributed by atoms with van der Waals surface area (Å²) in [4.78, 5) is 22.5. The highest BCUT2D eigenvalue weighted by Crippen LogP contribution is 2.40. The summed E-state index contributed by atoms with van der Waals surface area (Å²) >= 11 is 1.80. The smallest absolute Gasteiger partial charge is 0.307 e. The van der Waals surface area contributed by atoms with Crippen LogP contribution in [0.4, 0.5) is 5.69 Å². The minimum Gasteiger partial charge on any atom is -0.481 e. The molecule has 2 N–H and O–H groups in total. The van der Waals surface area contributed by atoms with E-state index in [2.05, 4.69) is 58.3 Å². The van der Waals surface area contributed by atoms with Crippen molar-refractivity contribution in [2.75, 3.05) is 52.5 Å². The number of aliphatic imine (C=N–C) groups is 1. The van der Waals surface area contributed by atoms with Gasteiger partial charge in [0.25, 0.3) is 0 Å². The molecule has 0 amide bonds. The van der Waals surface area contributed by atoms with E-state index in [1.54, 1.807) is 23.9 Å². The molecule has 2 aliphatic rings. The number of piperazine rings is 1. The van der Waals surface area contributed by atoms with Crippen molar-refractivity contribution in [3.05, 3.63) is 90.0 Å². The first kappa shape index (κ1) is 26.9. The molecule has 2 heterocycles. The van der Waals surface area contributed by atoms with Crippen molar-refractivity contribution in [1.29, 1.82) is 0 Å². The number of rotatable bonds is 7. The van der Waals surface area contributed by atoms with Gasteiger partial charge in [-0.05, 0) is 23.8 Å². The fourth-order valence-corrected chi connectivity index (χ4v) is 5.24. The van der Waals surface area contributed by atoms with Gasteiger partial charge in [0.15, 0.2) is 0 Å². The van der Waals surface area contributed by atoms with Gasteiger partial charge in [-0.25, -0.2) is 4.99 Å². The molecule has 1 saturated heterocycles. The molecule has 0 spiro atoms. The summed E-state index contributed by atoms with van der Waals surface area (Å²) in [7, 11) is 0. The zero-order valence-electron chi connectivity index (χ0n) is 20.8. The van der Waals surface area contributed by atoms with E-state index in [1.165, 1.54) is 15.4 Å². The Bertz CT molecular complexity index is 1180. The van der Waals surface area contributed by atoms with Gasteiger partial charge < -0.3 is 19.8 Å². The van der Waals surface area contributed by atoms with Gasteiger partial charge in [-0.1, -0.05) is 72.4 Å². The van der Waals surface area contributed by atoms with Crippen molar-refractivity contribution >= 4 is 29.3 Å². The van der Waals surface area contributed by atoms with Gasteiger partial charge in [-0.15, -0.1) is 0 Å². The number of hydrogen-bond acceptors (Lipinski definition) is 7. The van der Waals surface area contributed by atoms with Gasteiger partial charge >= 0.3 is 5.97 Å². The second-order valence-electron chi connectivity index (χ2n) is 8.72. The maximum atomic E-state index is 10.2. The summed E-state index contributed by atoms with van der Waals surface area (Å²) < 4.78 is 5.40. The van der Waals surface area contributed by atoms with E-state index in [-0.39, 0.29) is 13.0 Å². The number of benzene rings is 3. The van der Waals surface area contributed by atoms with Gasteiger partial charge in [0.1, 0.15) is 5.84 Å². The summed E-state index contributed by atoms with van der Waals surface area (Å²) in [5.74, 6) is 0.297. The van der Waals surface area contributed by atoms with Crippen molar-refractivity contribution in [3.63, 3.8) is 0 Å². The molecule has 3 aromatic carbocycles. The van der Waals surface area contributed by atoms with Crippen molar-refractivity contribution in [2.45, 2.75) is 16.2 Å². The number of aliphatic hydroxyl groups is 1. The second kappa shape index (κ2) is 13.9. The standard InChI is InChI=1S/C21H25N3O2S.C8H8O2/c25-14-16-26-15-13-23-9-11-24(12-10-23)21-17-5-1-3-7-19(17)27-20-8-4-2-6-18(20)22-21;9-8(10)6-7-4-2-1-3-5-7/h1-8,25H,9-16H2;1-5H,6H2,(H,9,10). The molecule has 0 aliphatic carbocycles. The van der Waals surface area contributed by atoms with Crippen LogP contribution in [0.3, 0.4) is 0 Å². The molecule has 37 heavy (non-hydrogen) atoms. The van der Waals surface area contributed by atoms with E-state index < -0.39 is 5.97 Å². The first-order valence-electron chi connectivity index (χ1n) is 12.5. The SMILES string of the molecule is O=C(O)Cc1ccccc1.OCCOCCN1CCN(C2=Nc3ccccc3Sc3ccccc32)CC1. The number of para-hydroxylation sites is 1. The van der Waals surface area contributed by atoms with E-state index in [9.17, 15) is 4.79 Å². The van der Waals surface area contributed by atoms with E-state index in [0.717, 1.165) is 49.8 Å². The predicted octanol–water partition coefficient (Wildman–Crippen LogP) is 4.17. The lowest BCUT2D eigenvalue weighted by Crippen LogP contribution is -2.49. The number of carboxylic acids is 1. The summed E-state index contributed by atoms with van der Waals surface area (Å²) in [5.41, 5.74) is 3.11. The number of fused-ring (bicyclic) bond motifs is 2. The summed E-state index contributed by atoms with van der Waals surface area (Å²) in [6.45, 7) is 6.01. The highest BCUT2D eigenvalue weighted by atomic mass is 32.2. The highest BCUT2D eigenvalue weighted by Gasteiger charge is 2.25. The molecule has 7 nitrogen and oxygen atoms in total. The van der Waals surface area contributed by atoms with Gasteiger partial charge in [0, 0.05) is 48.1 Å². The van der Waals surface area contributed by atoms with Crippen molar-refractivity contribution in [3.8, 4) is 0 Å². The average molecular weight is 520 g/mol. The zero-order chi connectivity index (χ0) is 25.9. The molecule has 8 heteroatoms. The minimum atomic E-state index is -0.786. The van der Waals surface area contributed by atoms with Crippen LogP contribution < -0.4 is 0 Å². The van der Waals surface area contributed by atoms with Crippen molar-refractivity contribution in [2.24, 2.45) is 4.99 Å². The van der Waals surface area contributed by atoms with E-state index >= 15 is 0 Å². The number of carbonyl (C=O) groups is 1. The van der Waals surface area contributed by atoms with Gasteiger partial charge in [0.05, 0.1) is 31.9 Å². The fraction of sp³-hybridized carbons (Fsp3) is 0.310. The van der Waals surface area contributed by atoms with E-state index in [4.69, 9.17) is 19.9 Å². The van der Waals surface area contributed by atoms with Crippen LogP contribution >= 0.6 is 11.8 Å². The van der Waals surface area contributed by atoms with Gasteiger partial charge in [0.2, 0.25) is 0 Å². The Morgan fingerprint density at radius 3 is 2.27 bits per heavy atom. The summed E-state index contributed by atoms with van der Waals surface area (Å²) in [6, 6.07) is 26.1. The lowest BCUT2D eigenvalue weighted by molar-refractivity contribution is -0.136. The molecule has 0 unspecified atom stereocenters. The summed E-state index contributed by atoms with van der Waals surface area (Å²) in [5, 5.41) is 17.2. The van der Waals surface area contributed by atoms with Crippen LogP contribution in [0, 0.1) is 0 Å².